The molecule has 1 aliphatic rings. The van der Waals surface area contributed by atoms with Crippen LogP contribution in [0.15, 0.2) is 267 Å². The van der Waals surface area contributed by atoms with Crippen molar-refractivity contribution >= 4 is 87.2 Å². The van der Waals surface area contributed by atoms with E-state index in [4.69, 9.17) is 0 Å². The summed E-state index contributed by atoms with van der Waals surface area (Å²) < 4.78 is 9.19. The van der Waals surface area contributed by atoms with Crippen molar-refractivity contribution in [2.24, 2.45) is 14.1 Å². The van der Waals surface area contributed by atoms with Gasteiger partial charge in [0.25, 0.3) is 0 Å². The predicted molar refractivity (Wildman–Crippen MR) is 474 cm³/mol. The molecule has 4 nitrogen and oxygen atoms in total. The van der Waals surface area contributed by atoms with E-state index in [0.29, 0.717) is 0 Å². The Bertz CT molecular complexity index is 4170. The largest absolute Gasteiger partial charge is 0.344 e. The molecule has 0 atom stereocenters. The molecule has 0 fully saturated rings. The monoisotopic (exact) mass is 1370 g/mol. The first-order valence-corrected chi connectivity index (χ1v) is 39.5. The van der Waals surface area contributed by atoms with E-state index in [1.807, 2.05) is 180 Å². The molecule has 0 saturated carbocycles. The quantitative estimate of drug-likeness (QED) is 0.164. The molecular weight excluding hydrogens is 1230 g/mol. The van der Waals surface area contributed by atoms with Gasteiger partial charge in [-0.1, -0.05) is 386 Å². The molecule has 4 heterocycles. The maximum Gasteiger partial charge on any atom is 0.0541 e. The highest BCUT2D eigenvalue weighted by molar-refractivity contribution is 6.11. The molecule has 0 N–H and O–H groups in total. The standard InChI is InChI=1S/C19H15N.C14H13N.2C13H11N.C13H10.13C2H6/c1-14-7-6-8-15(13-14)20-18-11-4-2-9-16(18)17-10-3-5-12-19(17)20;1-2-15-13-9-5-3-7-11(13)12-8-4-6-10-14(12)15;2*1-14-12-8-4-2-6-10(12)11-7-3-5-9-13(11)14;1-3-7-12-10(5-1)9-11-6-2-4-8-13(11)12;13*1-2/h2-13H,1H3;3-10H,2H2,1H3;2*2-9H,1H3;1-8H,9H2;13*1-2H3. The molecule has 1 aliphatic carbocycles. The minimum absolute atomic E-state index is 1.02. The van der Waals surface area contributed by atoms with E-state index in [1.54, 1.807) is 0 Å². The third kappa shape index (κ3) is 24.4. The maximum absolute atomic E-state index is 2.37. The van der Waals surface area contributed by atoms with Crippen LogP contribution < -0.4 is 0 Å². The van der Waals surface area contributed by atoms with E-state index in [9.17, 15) is 0 Å². The summed E-state index contributed by atoms with van der Waals surface area (Å²) in [5.74, 6) is 0. The first-order valence-electron chi connectivity index (χ1n) is 39.5. The summed E-state index contributed by atoms with van der Waals surface area (Å²) >= 11 is 0. The summed E-state index contributed by atoms with van der Waals surface area (Å²) in [6, 6.07) is 94.4. The molecular formula is C98H138N4. The Labute approximate surface area is 623 Å². The maximum atomic E-state index is 2.37. The molecule has 4 aromatic heterocycles. The van der Waals surface area contributed by atoms with Crippen LogP contribution in [-0.2, 0) is 27.1 Å². The number of aromatic nitrogens is 4. The van der Waals surface area contributed by atoms with Gasteiger partial charge in [-0.25, -0.2) is 0 Å². The molecule has 15 aromatic rings. The summed E-state index contributed by atoms with van der Waals surface area (Å²) in [4.78, 5) is 0. The second-order valence-corrected chi connectivity index (χ2v) is 19.7. The normalized spacial score (nSPS) is 9.27. The zero-order valence-corrected chi connectivity index (χ0v) is 69.6. The molecule has 550 valence electrons. The lowest BCUT2D eigenvalue weighted by atomic mass is 10.1. The molecule has 0 radical (unpaired) electrons. The molecule has 0 bridgehead atoms. The van der Waals surface area contributed by atoms with Crippen LogP contribution in [0.25, 0.3) is 104 Å². The van der Waals surface area contributed by atoms with Gasteiger partial charge >= 0.3 is 0 Å². The van der Waals surface area contributed by atoms with E-state index in [2.05, 4.69) is 313 Å². The zero-order valence-electron chi connectivity index (χ0n) is 69.6. The first kappa shape index (κ1) is 94.7. The van der Waals surface area contributed by atoms with Crippen molar-refractivity contribution in [3.63, 3.8) is 0 Å². The lowest BCUT2D eigenvalue weighted by molar-refractivity contribution is 0.827. The number of aryl methyl sites for hydroxylation is 4. The second-order valence-electron chi connectivity index (χ2n) is 19.7. The minimum Gasteiger partial charge on any atom is -0.344 e. The van der Waals surface area contributed by atoms with Gasteiger partial charge < -0.3 is 18.3 Å². The molecule has 0 saturated heterocycles. The van der Waals surface area contributed by atoms with E-state index < -0.39 is 0 Å². The fraction of sp³-hybridized carbons (Fsp3) is 0.327. The van der Waals surface area contributed by atoms with Gasteiger partial charge in [0, 0.05) is 103 Å². The van der Waals surface area contributed by atoms with Crippen LogP contribution in [0.4, 0.5) is 0 Å². The number of nitrogens with zero attached hydrogens (tertiary/aromatic N) is 4. The third-order valence-corrected chi connectivity index (χ3v) is 15.2. The van der Waals surface area contributed by atoms with Gasteiger partial charge in [0.15, 0.2) is 0 Å². The number of para-hydroxylation sites is 8. The minimum atomic E-state index is 1.02. The summed E-state index contributed by atoms with van der Waals surface area (Å²) in [6.07, 6.45) is 1.10. The van der Waals surface area contributed by atoms with Gasteiger partial charge in [-0.15, -0.1) is 0 Å². The molecule has 0 spiro atoms. The summed E-state index contributed by atoms with van der Waals surface area (Å²) in [5.41, 5.74) is 18.7. The zero-order chi connectivity index (χ0) is 77.5. The van der Waals surface area contributed by atoms with Crippen molar-refractivity contribution in [1.82, 2.24) is 18.3 Å². The van der Waals surface area contributed by atoms with E-state index >= 15 is 0 Å². The van der Waals surface area contributed by atoms with Crippen LogP contribution in [-0.4, -0.2) is 18.3 Å². The van der Waals surface area contributed by atoms with Crippen LogP contribution in [0.5, 0.6) is 0 Å². The highest BCUT2D eigenvalue weighted by atomic mass is 15.0. The Morgan fingerprint density at radius 3 is 0.716 bits per heavy atom. The molecule has 4 heteroatoms. The summed E-state index contributed by atoms with van der Waals surface area (Å²) in [5, 5.41) is 10.7. The molecule has 0 aliphatic heterocycles. The topological polar surface area (TPSA) is 19.7 Å². The Kier molecular flexibility index (Phi) is 53.2. The molecule has 102 heavy (non-hydrogen) atoms. The van der Waals surface area contributed by atoms with Crippen molar-refractivity contribution in [1.29, 1.82) is 0 Å². The lowest BCUT2D eigenvalue weighted by Crippen LogP contribution is -1.93. The van der Waals surface area contributed by atoms with Crippen LogP contribution in [0.3, 0.4) is 0 Å². The van der Waals surface area contributed by atoms with Gasteiger partial charge in [-0.05, 0) is 109 Å². The lowest BCUT2D eigenvalue weighted by Gasteiger charge is -2.08. The fourth-order valence-corrected chi connectivity index (χ4v) is 11.6. The van der Waals surface area contributed by atoms with Gasteiger partial charge in [-0.3, -0.25) is 0 Å². The highest BCUT2D eigenvalue weighted by Crippen LogP contribution is 2.36. The first-order chi connectivity index (χ1) is 50.5. The molecule has 16 rings (SSSR count). The van der Waals surface area contributed by atoms with E-state index in [0.717, 1.165) is 13.0 Å². The molecule has 11 aromatic carbocycles. The van der Waals surface area contributed by atoms with Crippen LogP contribution >= 0.6 is 0 Å². The number of hydrogen-bond acceptors (Lipinski definition) is 0. The second kappa shape index (κ2) is 57.3. The fourth-order valence-electron chi connectivity index (χ4n) is 11.6. The van der Waals surface area contributed by atoms with Gasteiger partial charge in [0.2, 0.25) is 0 Å². The number of hydrogen-bond donors (Lipinski definition) is 0. The third-order valence-electron chi connectivity index (χ3n) is 15.2. The Hall–Kier alpha value is -9.38. The smallest absolute Gasteiger partial charge is 0.0541 e. The van der Waals surface area contributed by atoms with Crippen molar-refractivity contribution in [3.8, 4) is 16.8 Å². The Morgan fingerprint density at radius 2 is 0.451 bits per heavy atom. The van der Waals surface area contributed by atoms with Crippen LogP contribution in [0.1, 0.15) is 204 Å². The van der Waals surface area contributed by atoms with Gasteiger partial charge in [0.1, 0.15) is 0 Å². The Balaban J connectivity index is 0. The molecule has 0 amide bonds. The van der Waals surface area contributed by atoms with Gasteiger partial charge in [0.05, 0.1) is 11.0 Å². The summed E-state index contributed by atoms with van der Waals surface area (Å²) in [7, 11) is 4.23. The average Bonchev–Trinajstić information content (AvgIpc) is 1.63. The van der Waals surface area contributed by atoms with E-state index in [-0.39, 0.29) is 0 Å². The van der Waals surface area contributed by atoms with Crippen molar-refractivity contribution in [2.45, 2.75) is 207 Å². The van der Waals surface area contributed by atoms with Crippen LogP contribution in [0.2, 0.25) is 0 Å². The van der Waals surface area contributed by atoms with E-state index in [1.165, 1.54) is 121 Å². The van der Waals surface area contributed by atoms with Crippen molar-refractivity contribution in [2.75, 3.05) is 0 Å². The SMILES string of the molecule is CC.CC.CC.CC.CC.CC.CC.CC.CC.CC.CC.CC.CC.CCn1c2ccccc2c2ccccc21.Cc1cccc(-n2c3ccccc3c3ccccc32)c1.Cn1c2ccccc2c2ccccc21.Cn1c2ccccc2c2ccccc21.c1ccc2c(c1)Cc1ccccc1-2. The Morgan fingerprint density at radius 1 is 0.235 bits per heavy atom. The predicted octanol–water partition coefficient (Wildman–Crippen LogP) is 32.2. The van der Waals surface area contributed by atoms with Crippen LogP contribution in [0, 0.1) is 6.92 Å². The van der Waals surface area contributed by atoms with Crippen molar-refractivity contribution in [3.05, 3.63) is 284 Å². The van der Waals surface area contributed by atoms with Crippen molar-refractivity contribution < 1.29 is 0 Å². The molecule has 0 unspecified atom stereocenters. The number of benzene rings is 11. The number of fused-ring (bicyclic) bond motifs is 15. The van der Waals surface area contributed by atoms with Gasteiger partial charge in [-0.2, -0.15) is 0 Å². The highest BCUT2D eigenvalue weighted by Gasteiger charge is 2.16. The average molecular weight is 1370 g/mol. The summed E-state index contributed by atoms with van der Waals surface area (Å²) in [6.45, 7) is 57.4. The number of rotatable bonds is 2.